The topological polar surface area (TPSA) is 80.6 Å². The van der Waals surface area contributed by atoms with Crippen LogP contribution in [0.25, 0.3) is 10.9 Å². The van der Waals surface area contributed by atoms with Crippen molar-refractivity contribution >= 4 is 22.7 Å². The fraction of sp³-hybridized carbons (Fsp3) is 0.304. The van der Waals surface area contributed by atoms with Gasteiger partial charge in [0.25, 0.3) is 5.91 Å². The van der Waals surface area contributed by atoms with Gasteiger partial charge in [-0.05, 0) is 68.3 Å². The van der Waals surface area contributed by atoms with E-state index in [1.807, 2.05) is 13.8 Å². The van der Waals surface area contributed by atoms with Gasteiger partial charge in [-0.15, -0.1) is 0 Å². The molecule has 2 aromatic carbocycles. The number of ether oxygens (including phenoxy) is 1. The fourth-order valence-electron chi connectivity index (χ4n) is 3.45. The summed E-state index contributed by atoms with van der Waals surface area (Å²) in [5.74, 6) is -0.590. The quantitative estimate of drug-likeness (QED) is 0.582. The first-order valence-corrected chi connectivity index (χ1v) is 9.93. The molecule has 31 heavy (non-hydrogen) atoms. The molecule has 0 aliphatic rings. The molecule has 3 aromatic rings. The lowest BCUT2D eigenvalue weighted by atomic mass is 10.1. The number of aromatic nitrogens is 1. The zero-order valence-electron chi connectivity index (χ0n) is 17.5. The molecular formula is C23H24F2N2O4. The number of phenolic OH excluding ortho intramolecular Hbond substituents is 1. The SMILES string of the molecule is CCC(C)NC(=O)Cc1c(C)n(C(=O)c2ccc(OC(F)F)cc2)c2ccc(O)cc12. The summed E-state index contributed by atoms with van der Waals surface area (Å²) in [6, 6.07) is 10.0. The Balaban J connectivity index is 2.01. The summed E-state index contributed by atoms with van der Waals surface area (Å²) in [4.78, 5) is 25.7. The highest BCUT2D eigenvalue weighted by atomic mass is 19.3. The number of nitrogens with zero attached hydrogens (tertiary/aromatic N) is 1. The summed E-state index contributed by atoms with van der Waals surface area (Å²) in [7, 11) is 0. The number of halogens is 2. The van der Waals surface area contributed by atoms with Crippen LogP contribution in [0.15, 0.2) is 42.5 Å². The highest BCUT2D eigenvalue weighted by molar-refractivity contribution is 6.05. The second-order valence-electron chi connectivity index (χ2n) is 7.36. The van der Waals surface area contributed by atoms with Crippen molar-refractivity contribution in [2.75, 3.05) is 0 Å². The molecule has 0 spiro atoms. The molecule has 8 heteroatoms. The third-order valence-electron chi connectivity index (χ3n) is 5.20. The molecule has 1 amide bonds. The smallest absolute Gasteiger partial charge is 0.387 e. The summed E-state index contributed by atoms with van der Waals surface area (Å²) in [6.07, 6.45) is 0.842. The first kappa shape index (κ1) is 22.3. The Morgan fingerprint density at radius 1 is 1.16 bits per heavy atom. The number of benzene rings is 2. The van der Waals surface area contributed by atoms with Gasteiger partial charge in [0, 0.05) is 22.7 Å². The van der Waals surface area contributed by atoms with Crippen molar-refractivity contribution in [1.82, 2.24) is 9.88 Å². The van der Waals surface area contributed by atoms with E-state index in [0.29, 0.717) is 22.2 Å². The van der Waals surface area contributed by atoms with E-state index in [0.717, 1.165) is 6.42 Å². The maximum absolute atomic E-state index is 13.2. The van der Waals surface area contributed by atoms with E-state index in [4.69, 9.17) is 0 Å². The van der Waals surface area contributed by atoms with Crippen LogP contribution in [-0.2, 0) is 11.2 Å². The zero-order chi connectivity index (χ0) is 22.7. The van der Waals surface area contributed by atoms with Gasteiger partial charge in [0.15, 0.2) is 0 Å². The van der Waals surface area contributed by atoms with E-state index in [9.17, 15) is 23.5 Å². The fourth-order valence-corrected chi connectivity index (χ4v) is 3.45. The van der Waals surface area contributed by atoms with Crippen LogP contribution >= 0.6 is 0 Å². The van der Waals surface area contributed by atoms with Gasteiger partial charge in [-0.1, -0.05) is 6.92 Å². The van der Waals surface area contributed by atoms with Crippen LogP contribution in [0.4, 0.5) is 8.78 Å². The van der Waals surface area contributed by atoms with E-state index in [1.54, 1.807) is 13.0 Å². The minimum absolute atomic E-state index is 0.0187. The number of hydrogen-bond acceptors (Lipinski definition) is 4. The van der Waals surface area contributed by atoms with Crippen LogP contribution in [0.5, 0.6) is 11.5 Å². The van der Waals surface area contributed by atoms with Gasteiger partial charge in [0.05, 0.1) is 11.9 Å². The van der Waals surface area contributed by atoms with Crippen LogP contribution < -0.4 is 10.1 Å². The molecular weight excluding hydrogens is 406 g/mol. The highest BCUT2D eigenvalue weighted by Crippen LogP contribution is 2.30. The van der Waals surface area contributed by atoms with Crippen molar-refractivity contribution in [2.24, 2.45) is 0 Å². The Hall–Kier alpha value is -3.42. The molecule has 0 bridgehead atoms. The second-order valence-corrected chi connectivity index (χ2v) is 7.36. The van der Waals surface area contributed by atoms with Gasteiger partial charge < -0.3 is 15.2 Å². The van der Waals surface area contributed by atoms with Gasteiger partial charge in [-0.25, -0.2) is 0 Å². The minimum Gasteiger partial charge on any atom is -0.508 e. The zero-order valence-corrected chi connectivity index (χ0v) is 17.5. The Morgan fingerprint density at radius 2 is 1.84 bits per heavy atom. The van der Waals surface area contributed by atoms with Gasteiger partial charge in [-0.2, -0.15) is 8.78 Å². The Bertz CT molecular complexity index is 1110. The maximum Gasteiger partial charge on any atom is 0.387 e. The molecule has 1 heterocycles. The lowest BCUT2D eigenvalue weighted by Gasteiger charge is -2.12. The molecule has 0 aliphatic heterocycles. The largest absolute Gasteiger partial charge is 0.508 e. The van der Waals surface area contributed by atoms with Crippen molar-refractivity contribution in [3.8, 4) is 11.5 Å². The molecule has 0 saturated carbocycles. The van der Waals surface area contributed by atoms with Gasteiger partial charge in [0.1, 0.15) is 11.5 Å². The van der Waals surface area contributed by atoms with E-state index in [1.165, 1.54) is 41.0 Å². The third-order valence-corrected chi connectivity index (χ3v) is 5.20. The molecule has 0 saturated heterocycles. The Morgan fingerprint density at radius 3 is 2.45 bits per heavy atom. The summed E-state index contributed by atoms with van der Waals surface area (Å²) in [6.45, 7) is 2.66. The number of phenols is 1. The molecule has 0 aliphatic carbocycles. The lowest BCUT2D eigenvalue weighted by molar-refractivity contribution is -0.121. The first-order valence-electron chi connectivity index (χ1n) is 9.93. The Kier molecular flexibility index (Phi) is 6.58. The van der Waals surface area contributed by atoms with Crippen molar-refractivity contribution in [3.63, 3.8) is 0 Å². The van der Waals surface area contributed by atoms with Crippen molar-refractivity contribution in [3.05, 3.63) is 59.3 Å². The van der Waals surface area contributed by atoms with Crippen LogP contribution in [0.3, 0.4) is 0 Å². The van der Waals surface area contributed by atoms with Gasteiger partial charge in [-0.3, -0.25) is 14.2 Å². The molecule has 1 aromatic heterocycles. The van der Waals surface area contributed by atoms with E-state index in [-0.39, 0.29) is 41.3 Å². The second kappa shape index (κ2) is 9.16. The number of amides is 1. The lowest BCUT2D eigenvalue weighted by Crippen LogP contribution is -2.33. The standard InChI is InChI=1S/C23H24F2N2O4/c1-4-13(2)26-21(29)12-18-14(3)27(20-10-7-16(28)11-19(18)20)22(30)15-5-8-17(9-6-15)31-23(24)25/h5-11,13,23,28H,4,12H2,1-3H3,(H,26,29). The molecule has 164 valence electrons. The van der Waals surface area contributed by atoms with Gasteiger partial charge >= 0.3 is 6.61 Å². The number of carbonyl (C=O) groups is 2. The number of carbonyl (C=O) groups excluding carboxylic acids is 2. The average molecular weight is 430 g/mol. The predicted octanol–water partition coefficient (Wildman–Crippen LogP) is 4.40. The number of alkyl halides is 2. The normalized spacial score (nSPS) is 12.2. The molecule has 3 rings (SSSR count). The highest BCUT2D eigenvalue weighted by Gasteiger charge is 2.22. The van der Waals surface area contributed by atoms with Crippen molar-refractivity contribution < 1.29 is 28.2 Å². The summed E-state index contributed by atoms with van der Waals surface area (Å²) >= 11 is 0. The molecule has 0 radical (unpaired) electrons. The summed E-state index contributed by atoms with van der Waals surface area (Å²) in [5, 5.41) is 13.5. The number of nitrogens with one attached hydrogen (secondary N) is 1. The molecule has 2 N–H and O–H groups in total. The molecule has 1 unspecified atom stereocenters. The predicted molar refractivity (Wildman–Crippen MR) is 113 cm³/mol. The number of rotatable bonds is 7. The third kappa shape index (κ3) is 4.84. The van der Waals surface area contributed by atoms with E-state index in [2.05, 4.69) is 10.1 Å². The molecule has 0 fully saturated rings. The molecule has 6 nitrogen and oxygen atoms in total. The number of fused-ring (bicyclic) bond motifs is 1. The summed E-state index contributed by atoms with van der Waals surface area (Å²) in [5.41, 5.74) is 2.01. The number of aromatic hydroxyl groups is 1. The van der Waals surface area contributed by atoms with Crippen LogP contribution in [-0.4, -0.2) is 34.1 Å². The van der Waals surface area contributed by atoms with Crippen LogP contribution in [0.2, 0.25) is 0 Å². The monoisotopic (exact) mass is 430 g/mol. The van der Waals surface area contributed by atoms with Crippen LogP contribution in [0, 0.1) is 6.92 Å². The first-order chi connectivity index (χ1) is 14.7. The van der Waals surface area contributed by atoms with E-state index >= 15 is 0 Å². The van der Waals surface area contributed by atoms with Crippen molar-refractivity contribution in [1.29, 1.82) is 0 Å². The Labute approximate surface area is 178 Å². The average Bonchev–Trinajstić information content (AvgIpc) is 2.98. The maximum atomic E-state index is 13.2. The molecule has 1 atom stereocenters. The van der Waals surface area contributed by atoms with Crippen LogP contribution in [0.1, 0.15) is 41.9 Å². The summed E-state index contributed by atoms with van der Waals surface area (Å²) < 4.78 is 30.5. The number of hydrogen-bond donors (Lipinski definition) is 2. The van der Waals surface area contributed by atoms with E-state index < -0.39 is 6.61 Å². The van der Waals surface area contributed by atoms with Crippen molar-refractivity contribution in [2.45, 2.75) is 46.3 Å². The van der Waals surface area contributed by atoms with Gasteiger partial charge in [0.2, 0.25) is 5.91 Å². The minimum atomic E-state index is -2.95.